The van der Waals surface area contributed by atoms with Gasteiger partial charge in [0.05, 0.1) is 12.2 Å². The van der Waals surface area contributed by atoms with Gasteiger partial charge in [-0.15, -0.1) is 0 Å². The topological polar surface area (TPSA) is 103 Å². The number of benzene rings is 2. The van der Waals surface area contributed by atoms with E-state index in [0.29, 0.717) is 11.1 Å². The minimum absolute atomic E-state index is 0.00551. The van der Waals surface area contributed by atoms with Crippen LogP contribution in [0.4, 0.5) is 24.8 Å². The Hall–Kier alpha value is -3.69. The predicted octanol–water partition coefficient (Wildman–Crippen LogP) is 3.80. The number of primary amides is 1. The summed E-state index contributed by atoms with van der Waals surface area (Å²) < 4.78 is 44.1. The van der Waals surface area contributed by atoms with Gasteiger partial charge in [-0.2, -0.15) is 28.1 Å². The minimum atomic E-state index is -4.47. The number of nitrogens with two attached hydrogens (primary N) is 1. The molecule has 3 N–H and O–H groups in total. The lowest BCUT2D eigenvalue weighted by molar-refractivity contribution is -0.137. The number of ether oxygens (including phenoxy) is 1. The van der Waals surface area contributed by atoms with Crippen molar-refractivity contribution in [3.8, 4) is 17.4 Å². The van der Waals surface area contributed by atoms with Gasteiger partial charge in [-0.05, 0) is 37.3 Å². The van der Waals surface area contributed by atoms with E-state index in [1.807, 2.05) is 0 Å². The smallest absolute Gasteiger partial charge is 0.416 e. The van der Waals surface area contributed by atoms with Crippen LogP contribution < -0.4 is 15.8 Å². The maximum atomic E-state index is 12.9. The second-order valence-electron chi connectivity index (χ2n) is 5.84. The number of alkyl halides is 3. The molecule has 3 aromatic rings. The lowest BCUT2D eigenvalue weighted by atomic mass is 10.1. The lowest BCUT2D eigenvalue weighted by Gasteiger charge is -2.11. The van der Waals surface area contributed by atoms with Crippen LogP contribution in [0, 0.1) is 0 Å². The van der Waals surface area contributed by atoms with Gasteiger partial charge < -0.3 is 15.8 Å². The molecule has 1 heterocycles. The van der Waals surface area contributed by atoms with Gasteiger partial charge in [0, 0.05) is 16.8 Å². The van der Waals surface area contributed by atoms with Crippen molar-refractivity contribution in [2.24, 2.45) is 5.73 Å². The van der Waals surface area contributed by atoms with E-state index in [1.54, 1.807) is 19.1 Å². The molecule has 0 saturated heterocycles. The highest BCUT2D eigenvalue weighted by Gasteiger charge is 2.30. The number of nitrogens with one attached hydrogen (secondary N) is 1. The monoisotopic (exact) mass is 403 g/mol. The number of aromatic nitrogens is 3. The van der Waals surface area contributed by atoms with E-state index in [-0.39, 0.29) is 30.1 Å². The largest absolute Gasteiger partial charge is 0.464 e. The summed E-state index contributed by atoms with van der Waals surface area (Å²) in [4.78, 5) is 23.7. The van der Waals surface area contributed by atoms with Gasteiger partial charge >= 0.3 is 12.2 Å². The van der Waals surface area contributed by atoms with Crippen LogP contribution >= 0.6 is 0 Å². The quantitative estimate of drug-likeness (QED) is 0.649. The Morgan fingerprint density at radius 2 is 1.83 bits per heavy atom. The fraction of sp³-hybridized carbons (Fsp3) is 0.158. The highest BCUT2D eigenvalue weighted by Crippen LogP contribution is 2.31. The molecule has 0 aliphatic heterocycles. The standard InChI is InChI=1S/C19H16F3N5O2/c1-2-29-18-26-16(12-8-6-11(7-9-12)15(23)28)25-17(27-18)24-14-5-3-4-13(10-14)19(20,21)22/h3-10H,2H2,1H3,(H2,23,28)(H,24,25,26,27). The van der Waals surface area contributed by atoms with Crippen molar-refractivity contribution in [2.45, 2.75) is 13.1 Å². The number of amides is 1. The van der Waals surface area contributed by atoms with Gasteiger partial charge in [0.1, 0.15) is 0 Å². The highest BCUT2D eigenvalue weighted by molar-refractivity contribution is 5.93. The first kappa shape index (κ1) is 20.1. The first-order valence-electron chi connectivity index (χ1n) is 8.49. The SMILES string of the molecule is CCOc1nc(Nc2cccc(C(F)(F)F)c2)nc(-c2ccc(C(N)=O)cc2)n1. The number of carbonyl (C=O) groups is 1. The fourth-order valence-electron chi connectivity index (χ4n) is 2.42. The minimum Gasteiger partial charge on any atom is -0.464 e. The molecule has 0 bridgehead atoms. The van der Waals surface area contributed by atoms with Crippen LogP contribution in [0.15, 0.2) is 48.5 Å². The van der Waals surface area contributed by atoms with E-state index in [1.165, 1.54) is 24.3 Å². The molecule has 29 heavy (non-hydrogen) atoms. The molecular weight excluding hydrogens is 387 g/mol. The number of halogens is 3. The molecule has 10 heteroatoms. The molecule has 1 aromatic heterocycles. The first-order valence-corrected chi connectivity index (χ1v) is 8.49. The van der Waals surface area contributed by atoms with Crippen molar-refractivity contribution >= 4 is 17.5 Å². The molecule has 0 atom stereocenters. The molecule has 0 saturated carbocycles. The molecule has 150 valence electrons. The normalized spacial score (nSPS) is 11.2. The summed E-state index contributed by atoms with van der Waals surface area (Å²) in [5, 5.41) is 2.74. The molecule has 0 aliphatic carbocycles. The zero-order valence-corrected chi connectivity index (χ0v) is 15.2. The fourth-order valence-corrected chi connectivity index (χ4v) is 2.42. The molecule has 0 spiro atoms. The second kappa shape index (κ2) is 8.13. The third-order valence-corrected chi connectivity index (χ3v) is 3.76. The molecule has 3 rings (SSSR count). The summed E-state index contributed by atoms with van der Waals surface area (Å²) in [6.07, 6.45) is -4.47. The van der Waals surface area contributed by atoms with Gasteiger partial charge in [-0.3, -0.25) is 4.79 Å². The van der Waals surface area contributed by atoms with Crippen molar-refractivity contribution in [2.75, 3.05) is 11.9 Å². The number of carbonyl (C=O) groups excluding carboxylic acids is 1. The summed E-state index contributed by atoms with van der Waals surface area (Å²) in [6.45, 7) is 2.03. The molecule has 0 radical (unpaired) electrons. The Morgan fingerprint density at radius 1 is 1.10 bits per heavy atom. The Balaban J connectivity index is 1.96. The van der Waals surface area contributed by atoms with Crippen molar-refractivity contribution in [3.63, 3.8) is 0 Å². The van der Waals surface area contributed by atoms with Gasteiger partial charge in [0.25, 0.3) is 0 Å². The van der Waals surface area contributed by atoms with Gasteiger partial charge in [-0.1, -0.05) is 18.2 Å². The average Bonchev–Trinajstić information content (AvgIpc) is 2.68. The number of hydrogen-bond donors (Lipinski definition) is 2. The van der Waals surface area contributed by atoms with Crippen molar-refractivity contribution in [1.82, 2.24) is 15.0 Å². The summed E-state index contributed by atoms with van der Waals surface area (Å²) in [7, 11) is 0. The molecule has 7 nitrogen and oxygen atoms in total. The molecule has 0 aliphatic rings. The van der Waals surface area contributed by atoms with E-state index < -0.39 is 17.6 Å². The van der Waals surface area contributed by atoms with Crippen LogP contribution in [0.3, 0.4) is 0 Å². The zero-order valence-electron chi connectivity index (χ0n) is 15.2. The molecule has 1 amide bonds. The van der Waals surface area contributed by atoms with Crippen LogP contribution in [0.2, 0.25) is 0 Å². The van der Waals surface area contributed by atoms with E-state index in [9.17, 15) is 18.0 Å². The number of rotatable bonds is 6. The van der Waals surface area contributed by atoms with Crippen LogP contribution in [0.25, 0.3) is 11.4 Å². The predicted molar refractivity (Wildman–Crippen MR) is 99.7 cm³/mol. The van der Waals surface area contributed by atoms with E-state index >= 15 is 0 Å². The third-order valence-electron chi connectivity index (χ3n) is 3.76. The van der Waals surface area contributed by atoms with Crippen molar-refractivity contribution in [1.29, 1.82) is 0 Å². The van der Waals surface area contributed by atoms with Crippen LogP contribution in [-0.4, -0.2) is 27.5 Å². The Labute approximate surface area is 163 Å². The van der Waals surface area contributed by atoms with Crippen molar-refractivity contribution in [3.05, 3.63) is 59.7 Å². The number of nitrogens with zero attached hydrogens (tertiary/aromatic N) is 3. The second-order valence-corrected chi connectivity index (χ2v) is 5.84. The van der Waals surface area contributed by atoms with E-state index in [4.69, 9.17) is 10.5 Å². The maximum Gasteiger partial charge on any atom is 0.416 e. The maximum absolute atomic E-state index is 12.9. The Bertz CT molecular complexity index is 1020. The third kappa shape index (κ3) is 4.98. The lowest BCUT2D eigenvalue weighted by Crippen LogP contribution is -2.10. The zero-order chi connectivity index (χ0) is 21.0. The summed E-state index contributed by atoms with van der Waals surface area (Å²) >= 11 is 0. The van der Waals surface area contributed by atoms with Gasteiger partial charge in [0.15, 0.2) is 5.82 Å². The summed E-state index contributed by atoms with van der Waals surface area (Å²) in [5.41, 5.74) is 5.44. The highest BCUT2D eigenvalue weighted by atomic mass is 19.4. The molecule has 0 unspecified atom stereocenters. The molecular formula is C19H16F3N5O2. The molecule has 2 aromatic carbocycles. The van der Waals surface area contributed by atoms with Crippen LogP contribution in [-0.2, 0) is 6.18 Å². The van der Waals surface area contributed by atoms with Gasteiger partial charge in [0.2, 0.25) is 11.9 Å². The number of hydrogen-bond acceptors (Lipinski definition) is 6. The summed E-state index contributed by atoms with van der Waals surface area (Å²) in [6, 6.07) is 10.9. The van der Waals surface area contributed by atoms with E-state index in [0.717, 1.165) is 12.1 Å². The van der Waals surface area contributed by atoms with Gasteiger partial charge in [-0.25, -0.2) is 0 Å². The Kier molecular flexibility index (Phi) is 5.62. The van der Waals surface area contributed by atoms with Crippen LogP contribution in [0.1, 0.15) is 22.8 Å². The van der Waals surface area contributed by atoms with E-state index in [2.05, 4.69) is 20.3 Å². The molecule has 0 fully saturated rings. The Morgan fingerprint density at radius 3 is 2.45 bits per heavy atom. The average molecular weight is 403 g/mol. The summed E-state index contributed by atoms with van der Waals surface area (Å²) in [5.74, 6) is -0.347. The van der Waals surface area contributed by atoms with Crippen LogP contribution in [0.5, 0.6) is 6.01 Å². The number of anilines is 2. The first-order chi connectivity index (χ1) is 13.8. The van der Waals surface area contributed by atoms with Crippen molar-refractivity contribution < 1.29 is 22.7 Å².